The molecule has 0 saturated heterocycles. The van der Waals surface area contributed by atoms with Gasteiger partial charge < -0.3 is 10.4 Å². The number of amides is 1. The second kappa shape index (κ2) is 4.03. The zero-order chi connectivity index (χ0) is 11.5. The molecule has 8 nitrogen and oxygen atoms in total. The number of hydrogen-bond acceptors (Lipinski definition) is 5. The maximum atomic E-state index is 11.4. The number of rotatable bonds is 4. The molecule has 15 heavy (non-hydrogen) atoms. The van der Waals surface area contributed by atoms with Crippen molar-refractivity contribution in [2.24, 2.45) is 5.41 Å². The second-order valence-corrected chi connectivity index (χ2v) is 3.44. The van der Waals surface area contributed by atoms with Gasteiger partial charge in [0.05, 0.1) is 6.54 Å². The van der Waals surface area contributed by atoms with Gasteiger partial charge in [0.15, 0.2) is 5.82 Å². The zero-order valence-electron chi connectivity index (χ0n) is 8.31. The quantitative estimate of drug-likeness (QED) is 0.547. The first-order valence-electron chi connectivity index (χ1n) is 4.18. The molecule has 1 aromatic heterocycles. The van der Waals surface area contributed by atoms with Crippen molar-refractivity contribution >= 4 is 11.9 Å². The first kappa shape index (κ1) is 11.1. The third-order valence-electron chi connectivity index (χ3n) is 1.90. The van der Waals surface area contributed by atoms with Crippen LogP contribution in [0.2, 0.25) is 0 Å². The number of hydrogen-bond donors (Lipinski definition) is 3. The lowest BCUT2D eigenvalue weighted by Gasteiger charge is -2.17. The number of carboxylic acid groups (broad SMARTS) is 1. The van der Waals surface area contributed by atoms with Gasteiger partial charge in [0.1, 0.15) is 5.41 Å². The molecule has 1 heterocycles. The van der Waals surface area contributed by atoms with Crippen LogP contribution in [-0.4, -0.2) is 37.6 Å². The number of tetrazole rings is 1. The molecular formula is C7H11N5O3. The van der Waals surface area contributed by atoms with Gasteiger partial charge in [0.2, 0.25) is 5.91 Å². The van der Waals surface area contributed by atoms with Gasteiger partial charge in [-0.15, -0.1) is 10.2 Å². The minimum absolute atomic E-state index is 0.0477. The molecule has 0 aliphatic carbocycles. The minimum atomic E-state index is -1.47. The molecule has 0 aliphatic rings. The van der Waals surface area contributed by atoms with Gasteiger partial charge in [-0.2, -0.15) is 5.21 Å². The molecule has 0 aromatic carbocycles. The van der Waals surface area contributed by atoms with E-state index in [2.05, 4.69) is 25.9 Å². The Morgan fingerprint density at radius 2 is 2.20 bits per heavy atom. The highest BCUT2D eigenvalue weighted by atomic mass is 16.4. The van der Waals surface area contributed by atoms with Crippen LogP contribution in [0.3, 0.4) is 0 Å². The number of nitrogens with one attached hydrogen (secondary N) is 2. The molecule has 0 unspecified atom stereocenters. The average molecular weight is 213 g/mol. The summed E-state index contributed by atoms with van der Waals surface area (Å²) in [6.45, 7) is 2.69. The molecule has 0 atom stereocenters. The summed E-state index contributed by atoms with van der Waals surface area (Å²) >= 11 is 0. The first-order chi connectivity index (χ1) is 6.94. The lowest BCUT2D eigenvalue weighted by Crippen LogP contribution is -2.42. The monoisotopic (exact) mass is 213 g/mol. The van der Waals surface area contributed by atoms with Gasteiger partial charge in [0, 0.05) is 0 Å². The summed E-state index contributed by atoms with van der Waals surface area (Å²) in [5, 5.41) is 23.9. The fourth-order valence-electron chi connectivity index (χ4n) is 0.735. The van der Waals surface area contributed by atoms with E-state index in [0.717, 1.165) is 0 Å². The van der Waals surface area contributed by atoms with Crippen LogP contribution in [0.4, 0.5) is 0 Å². The number of aromatic amines is 1. The predicted octanol–water partition coefficient (Wildman–Crippen LogP) is -1.07. The number of carbonyl (C=O) groups excluding carboxylic acids is 1. The van der Waals surface area contributed by atoms with Crippen LogP contribution >= 0.6 is 0 Å². The summed E-state index contributed by atoms with van der Waals surface area (Å²) in [5.74, 6) is -1.49. The van der Waals surface area contributed by atoms with Crippen LogP contribution in [0.1, 0.15) is 19.7 Å². The summed E-state index contributed by atoms with van der Waals surface area (Å²) in [5.41, 5.74) is -1.47. The van der Waals surface area contributed by atoms with Crippen molar-refractivity contribution in [2.75, 3.05) is 0 Å². The highest BCUT2D eigenvalue weighted by molar-refractivity contribution is 6.00. The van der Waals surface area contributed by atoms with E-state index in [1.165, 1.54) is 13.8 Å². The molecule has 82 valence electrons. The van der Waals surface area contributed by atoms with Crippen LogP contribution in [-0.2, 0) is 16.1 Å². The Labute approximate surface area is 85.1 Å². The number of H-pyrrole nitrogens is 1. The van der Waals surface area contributed by atoms with Gasteiger partial charge in [-0.1, -0.05) is 5.21 Å². The van der Waals surface area contributed by atoms with Crippen molar-refractivity contribution < 1.29 is 14.7 Å². The van der Waals surface area contributed by atoms with Crippen LogP contribution in [0, 0.1) is 5.41 Å². The van der Waals surface area contributed by atoms with Gasteiger partial charge >= 0.3 is 5.97 Å². The Bertz CT molecular complexity index is 359. The Balaban J connectivity index is 2.53. The van der Waals surface area contributed by atoms with E-state index in [1.54, 1.807) is 0 Å². The van der Waals surface area contributed by atoms with Crippen LogP contribution in [0.25, 0.3) is 0 Å². The van der Waals surface area contributed by atoms with Crippen molar-refractivity contribution in [3.05, 3.63) is 5.82 Å². The smallest absolute Gasteiger partial charge is 0.318 e. The van der Waals surface area contributed by atoms with E-state index in [-0.39, 0.29) is 6.54 Å². The Morgan fingerprint density at radius 1 is 1.53 bits per heavy atom. The van der Waals surface area contributed by atoms with Crippen molar-refractivity contribution in [1.29, 1.82) is 0 Å². The summed E-state index contributed by atoms with van der Waals surface area (Å²) in [4.78, 5) is 22.1. The number of aliphatic carboxylic acids is 1. The van der Waals surface area contributed by atoms with Gasteiger partial charge in [-0.05, 0) is 13.8 Å². The van der Waals surface area contributed by atoms with E-state index in [9.17, 15) is 9.59 Å². The van der Waals surface area contributed by atoms with E-state index >= 15 is 0 Å². The first-order valence-corrected chi connectivity index (χ1v) is 4.18. The average Bonchev–Trinajstić information content (AvgIpc) is 2.66. The summed E-state index contributed by atoms with van der Waals surface area (Å²) < 4.78 is 0. The summed E-state index contributed by atoms with van der Waals surface area (Å²) in [7, 11) is 0. The standard InChI is InChI=1S/C7H11N5O3/c1-7(2,6(14)15)5(13)8-3-4-9-11-12-10-4/h3H2,1-2H3,(H,8,13)(H,14,15)(H,9,10,11,12). The molecule has 0 bridgehead atoms. The Morgan fingerprint density at radius 3 is 2.67 bits per heavy atom. The predicted molar refractivity (Wildman–Crippen MR) is 47.4 cm³/mol. The maximum absolute atomic E-state index is 11.4. The fourth-order valence-corrected chi connectivity index (χ4v) is 0.735. The highest BCUT2D eigenvalue weighted by Crippen LogP contribution is 2.14. The van der Waals surface area contributed by atoms with Gasteiger partial charge in [-0.25, -0.2) is 0 Å². The number of carbonyl (C=O) groups is 2. The van der Waals surface area contributed by atoms with Crippen molar-refractivity contribution in [1.82, 2.24) is 25.9 Å². The molecule has 0 saturated carbocycles. The SMILES string of the molecule is CC(C)(C(=O)O)C(=O)NCc1nn[nH]n1. The van der Waals surface area contributed by atoms with Gasteiger partial charge in [0.25, 0.3) is 0 Å². The van der Waals surface area contributed by atoms with Crippen molar-refractivity contribution in [2.45, 2.75) is 20.4 Å². The number of carboxylic acids is 1. The molecule has 8 heteroatoms. The molecule has 0 fully saturated rings. The van der Waals surface area contributed by atoms with Gasteiger partial charge in [-0.3, -0.25) is 9.59 Å². The summed E-state index contributed by atoms with van der Waals surface area (Å²) in [6, 6.07) is 0. The second-order valence-electron chi connectivity index (χ2n) is 3.44. The molecule has 0 radical (unpaired) electrons. The molecule has 1 aromatic rings. The van der Waals surface area contributed by atoms with Crippen molar-refractivity contribution in [3.8, 4) is 0 Å². The van der Waals surface area contributed by atoms with E-state index in [1.807, 2.05) is 0 Å². The third-order valence-corrected chi connectivity index (χ3v) is 1.90. The zero-order valence-corrected chi connectivity index (χ0v) is 8.31. The number of nitrogens with zero attached hydrogens (tertiary/aromatic N) is 3. The number of aromatic nitrogens is 4. The maximum Gasteiger partial charge on any atom is 0.318 e. The molecule has 0 spiro atoms. The normalized spacial score (nSPS) is 11.1. The Hall–Kier alpha value is -1.99. The van der Waals surface area contributed by atoms with E-state index in [4.69, 9.17) is 5.11 Å². The Kier molecular flexibility index (Phi) is 2.98. The van der Waals surface area contributed by atoms with Crippen molar-refractivity contribution in [3.63, 3.8) is 0 Å². The minimum Gasteiger partial charge on any atom is -0.480 e. The lowest BCUT2D eigenvalue weighted by molar-refractivity contribution is -0.153. The summed E-state index contributed by atoms with van der Waals surface area (Å²) in [6.07, 6.45) is 0. The third kappa shape index (κ3) is 2.48. The molecule has 3 N–H and O–H groups in total. The van der Waals surface area contributed by atoms with Crippen LogP contribution in [0.15, 0.2) is 0 Å². The molecule has 0 aliphatic heterocycles. The fraction of sp³-hybridized carbons (Fsp3) is 0.571. The topological polar surface area (TPSA) is 121 Å². The molecule has 1 rings (SSSR count). The van der Waals surface area contributed by atoms with E-state index in [0.29, 0.717) is 5.82 Å². The molecular weight excluding hydrogens is 202 g/mol. The molecule has 1 amide bonds. The van der Waals surface area contributed by atoms with E-state index < -0.39 is 17.3 Å². The lowest BCUT2D eigenvalue weighted by atomic mass is 9.93. The highest BCUT2D eigenvalue weighted by Gasteiger charge is 2.35. The van der Waals surface area contributed by atoms with Crippen LogP contribution < -0.4 is 5.32 Å². The van der Waals surface area contributed by atoms with Crippen LogP contribution in [0.5, 0.6) is 0 Å². The largest absolute Gasteiger partial charge is 0.480 e.